The maximum absolute atomic E-state index is 13.3. The van der Waals surface area contributed by atoms with Crippen molar-refractivity contribution in [1.29, 1.82) is 0 Å². The van der Waals surface area contributed by atoms with Gasteiger partial charge in [-0.25, -0.2) is 0 Å². The molecule has 6 rings (SSSR count). The SMILES string of the molecule is C[C@@H](C(=O)N1CCC[C@H]1C(=O)Nc1ccc(/C=C/c2ccc(NC(=O)[C@@H]3CCCN3C(=O)[C@H](C)c3ccccc3)cc2)cc1)c1ccccc1. The Morgan fingerprint density at radius 1 is 0.560 bits per heavy atom. The summed E-state index contributed by atoms with van der Waals surface area (Å²) in [6.07, 6.45) is 6.87. The summed E-state index contributed by atoms with van der Waals surface area (Å²) in [7, 11) is 0. The molecule has 0 radical (unpaired) electrons. The van der Waals surface area contributed by atoms with Gasteiger partial charge >= 0.3 is 0 Å². The first-order chi connectivity index (χ1) is 24.3. The minimum Gasteiger partial charge on any atom is -0.330 e. The summed E-state index contributed by atoms with van der Waals surface area (Å²) in [6, 6.07) is 33.6. The van der Waals surface area contributed by atoms with E-state index in [4.69, 9.17) is 0 Å². The molecule has 4 aromatic carbocycles. The van der Waals surface area contributed by atoms with Crippen LogP contribution in [0.1, 0.15) is 73.6 Å². The van der Waals surface area contributed by atoms with Crippen LogP contribution in [0, 0.1) is 0 Å². The van der Waals surface area contributed by atoms with Crippen LogP contribution < -0.4 is 10.6 Å². The molecule has 8 heteroatoms. The third kappa shape index (κ3) is 8.03. The van der Waals surface area contributed by atoms with Crippen LogP contribution >= 0.6 is 0 Å². The zero-order valence-electron chi connectivity index (χ0n) is 28.6. The van der Waals surface area contributed by atoms with E-state index >= 15 is 0 Å². The Morgan fingerprint density at radius 3 is 1.28 bits per heavy atom. The highest BCUT2D eigenvalue weighted by Crippen LogP contribution is 2.27. The molecule has 4 amide bonds. The van der Waals surface area contributed by atoms with Crippen molar-refractivity contribution in [2.75, 3.05) is 23.7 Å². The van der Waals surface area contributed by atoms with E-state index in [1.54, 1.807) is 9.80 Å². The molecule has 0 saturated carbocycles. The van der Waals surface area contributed by atoms with Crippen LogP contribution in [0.25, 0.3) is 12.2 Å². The molecule has 8 nitrogen and oxygen atoms in total. The Labute approximate surface area is 294 Å². The second kappa shape index (κ2) is 15.8. The largest absolute Gasteiger partial charge is 0.330 e. The van der Waals surface area contributed by atoms with Crippen LogP contribution in [0.3, 0.4) is 0 Å². The number of nitrogens with one attached hydrogen (secondary N) is 2. The number of nitrogens with zero attached hydrogens (tertiary/aromatic N) is 2. The lowest BCUT2D eigenvalue weighted by Gasteiger charge is -2.27. The molecule has 0 spiro atoms. The summed E-state index contributed by atoms with van der Waals surface area (Å²) < 4.78 is 0. The number of carbonyl (C=O) groups excluding carboxylic acids is 4. The third-order valence-corrected chi connectivity index (χ3v) is 9.84. The van der Waals surface area contributed by atoms with Gasteiger partial charge in [0.05, 0.1) is 11.8 Å². The van der Waals surface area contributed by atoms with E-state index in [-0.39, 0.29) is 35.5 Å². The summed E-state index contributed by atoms with van der Waals surface area (Å²) in [5.74, 6) is -0.988. The molecule has 2 aliphatic heterocycles. The molecule has 2 aliphatic rings. The first kappa shape index (κ1) is 34.4. The zero-order valence-corrected chi connectivity index (χ0v) is 28.6. The highest BCUT2D eigenvalue weighted by molar-refractivity contribution is 5.99. The van der Waals surface area contributed by atoms with Crippen LogP contribution in [-0.4, -0.2) is 58.6 Å². The fraction of sp³-hybridized carbons (Fsp3) is 0.286. The van der Waals surface area contributed by atoms with Crippen molar-refractivity contribution in [2.45, 2.75) is 63.5 Å². The molecule has 0 aliphatic carbocycles. The molecular weight excluding hydrogens is 624 g/mol. The Hall–Kier alpha value is -5.50. The van der Waals surface area contributed by atoms with E-state index < -0.39 is 12.1 Å². The Bertz CT molecular complexity index is 1690. The number of carbonyl (C=O) groups is 4. The number of amides is 4. The first-order valence-electron chi connectivity index (χ1n) is 17.5. The summed E-state index contributed by atoms with van der Waals surface area (Å²) in [6.45, 7) is 4.96. The molecular formula is C42H44N4O4. The molecule has 0 unspecified atom stereocenters. The van der Waals surface area contributed by atoms with Gasteiger partial charge in [-0.1, -0.05) is 97.1 Å². The number of likely N-dealkylation sites (tertiary alicyclic amines) is 2. The third-order valence-electron chi connectivity index (χ3n) is 9.84. The maximum atomic E-state index is 13.3. The van der Waals surface area contributed by atoms with Crippen LogP contribution in [0.5, 0.6) is 0 Å². The predicted octanol–water partition coefficient (Wildman–Crippen LogP) is 7.32. The number of hydrogen-bond acceptors (Lipinski definition) is 4. The van der Waals surface area contributed by atoms with Crippen LogP contribution in [-0.2, 0) is 19.2 Å². The van der Waals surface area contributed by atoms with Gasteiger partial charge in [0.15, 0.2) is 0 Å². The van der Waals surface area contributed by atoms with Crippen molar-refractivity contribution < 1.29 is 19.2 Å². The van der Waals surface area contributed by atoms with Crippen LogP contribution in [0.4, 0.5) is 11.4 Å². The predicted molar refractivity (Wildman–Crippen MR) is 198 cm³/mol. The molecule has 50 heavy (non-hydrogen) atoms. The quantitative estimate of drug-likeness (QED) is 0.173. The first-order valence-corrected chi connectivity index (χ1v) is 17.5. The number of rotatable bonds is 10. The van der Waals surface area contributed by atoms with E-state index in [1.165, 1.54) is 0 Å². The second-order valence-corrected chi connectivity index (χ2v) is 13.2. The molecule has 4 atom stereocenters. The summed E-state index contributed by atoms with van der Waals surface area (Å²) in [5, 5.41) is 6.00. The lowest BCUT2D eigenvalue weighted by atomic mass is 9.99. The topological polar surface area (TPSA) is 98.8 Å². The van der Waals surface area contributed by atoms with Gasteiger partial charge in [0.1, 0.15) is 12.1 Å². The smallest absolute Gasteiger partial charge is 0.247 e. The van der Waals surface area contributed by atoms with Gasteiger partial charge in [-0.2, -0.15) is 0 Å². The van der Waals surface area contributed by atoms with Gasteiger partial charge in [-0.3, -0.25) is 19.2 Å². The molecule has 4 aromatic rings. The van der Waals surface area contributed by atoms with E-state index in [0.717, 1.165) is 35.1 Å². The van der Waals surface area contributed by atoms with Crippen molar-refractivity contribution in [1.82, 2.24) is 9.80 Å². The second-order valence-electron chi connectivity index (χ2n) is 13.2. The highest BCUT2D eigenvalue weighted by atomic mass is 16.2. The lowest BCUT2D eigenvalue weighted by Crippen LogP contribution is -2.44. The standard InChI is InChI=1S/C42H44N4O4/c1-29(33-11-5-3-6-12-33)41(49)45-27-9-15-37(45)39(47)43-35-23-19-31(20-24-35)17-18-32-21-25-36(26-22-32)44-40(48)38-16-10-28-46(38)42(50)30(2)34-13-7-4-8-14-34/h3-8,11-14,17-26,29-30,37-38H,9-10,15-16,27-28H2,1-2H3,(H,43,47)(H,44,48)/b18-17+/t29-,30-,37+,38+/m1/s1. The van der Waals surface area contributed by atoms with Crippen molar-refractivity contribution in [3.63, 3.8) is 0 Å². The van der Waals surface area contributed by atoms with E-state index in [2.05, 4.69) is 10.6 Å². The summed E-state index contributed by atoms with van der Waals surface area (Å²) in [4.78, 5) is 56.4. The fourth-order valence-electron chi connectivity index (χ4n) is 6.87. The van der Waals surface area contributed by atoms with Gasteiger partial charge in [-0.05, 0) is 86.1 Å². The number of benzene rings is 4. The van der Waals surface area contributed by atoms with E-state index in [0.29, 0.717) is 37.3 Å². The lowest BCUT2D eigenvalue weighted by molar-refractivity contribution is -0.137. The summed E-state index contributed by atoms with van der Waals surface area (Å²) in [5.41, 5.74) is 5.18. The van der Waals surface area contributed by atoms with E-state index in [1.807, 2.05) is 135 Å². The Morgan fingerprint density at radius 2 is 0.920 bits per heavy atom. The minimum atomic E-state index is -0.482. The van der Waals surface area contributed by atoms with Crippen molar-refractivity contribution in [3.05, 3.63) is 131 Å². The van der Waals surface area contributed by atoms with Gasteiger partial charge in [0, 0.05) is 24.5 Å². The van der Waals surface area contributed by atoms with Crippen molar-refractivity contribution >= 4 is 47.2 Å². The van der Waals surface area contributed by atoms with Gasteiger partial charge in [0.25, 0.3) is 0 Å². The Kier molecular flexibility index (Phi) is 10.9. The Balaban J connectivity index is 1.000. The molecule has 2 fully saturated rings. The van der Waals surface area contributed by atoms with Crippen molar-refractivity contribution in [3.8, 4) is 0 Å². The average Bonchev–Trinajstić information content (AvgIpc) is 3.86. The molecule has 0 aromatic heterocycles. The molecule has 2 saturated heterocycles. The average molecular weight is 669 g/mol. The molecule has 256 valence electrons. The zero-order chi connectivity index (χ0) is 35.0. The van der Waals surface area contributed by atoms with Gasteiger partial charge in [0.2, 0.25) is 23.6 Å². The number of hydrogen-bond donors (Lipinski definition) is 2. The van der Waals surface area contributed by atoms with Gasteiger partial charge in [-0.15, -0.1) is 0 Å². The maximum Gasteiger partial charge on any atom is 0.247 e. The molecule has 2 heterocycles. The highest BCUT2D eigenvalue weighted by Gasteiger charge is 2.37. The molecule has 0 bridgehead atoms. The normalized spacial score (nSPS) is 18.5. The van der Waals surface area contributed by atoms with Crippen molar-refractivity contribution in [2.24, 2.45) is 0 Å². The monoisotopic (exact) mass is 668 g/mol. The van der Waals surface area contributed by atoms with Gasteiger partial charge < -0.3 is 20.4 Å². The van der Waals surface area contributed by atoms with E-state index in [9.17, 15) is 19.2 Å². The minimum absolute atomic E-state index is 0.0223. The van der Waals surface area contributed by atoms with Crippen LogP contribution in [0.2, 0.25) is 0 Å². The van der Waals surface area contributed by atoms with Crippen LogP contribution in [0.15, 0.2) is 109 Å². The molecule has 2 N–H and O–H groups in total. The summed E-state index contributed by atoms with van der Waals surface area (Å²) >= 11 is 0. The fourth-order valence-corrected chi connectivity index (χ4v) is 6.87. The number of anilines is 2.